The summed E-state index contributed by atoms with van der Waals surface area (Å²) in [5.41, 5.74) is 0. The van der Waals surface area contributed by atoms with Crippen molar-refractivity contribution in [2.75, 3.05) is 19.7 Å². The average molecular weight is 255 g/mol. The summed E-state index contributed by atoms with van der Waals surface area (Å²) in [5, 5.41) is 8.93. The fourth-order valence-electron chi connectivity index (χ4n) is 2.83. The van der Waals surface area contributed by atoms with Crippen molar-refractivity contribution in [3.8, 4) is 0 Å². The van der Waals surface area contributed by atoms with Crippen molar-refractivity contribution in [3.05, 3.63) is 0 Å². The molecule has 0 saturated carbocycles. The summed E-state index contributed by atoms with van der Waals surface area (Å²) >= 11 is 0. The van der Waals surface area contributed by atoms with Gasteiger partial charge in [-0.1, -0.05) is 0 Å². The first-order valence-electron chi connectivity index (χ1n) is 6.71. The number of amides is 1. The molecule has 1 amide bonds. The lowest BCUT2D eigenvalue weighted by atomic mass is 9.92. The quantitative estimate of drug-likeness (QED) is 0.803. The van der Waals surface area contributed by atoms with Crippen LogP contribution in [0.4, 0.5) is 0 Å². The maximum Gasteiger partial charge on any atom is 0.306 e. The molecule has 2 saturated heterocycles. The number of likely N-dealkylation sites (tertiary alicyclic amines) is 1. The van der Waals surface area contributed by atoms with E-state index in [1.165, 1.54) is 0 Å². The molecule has 2 atom stereocenters. The second kappa shape index (κ2) is 5.69. The number of ether oxygens (including phenoxy) is 1. The van der Waals surface area contributed by atoms with Gasteiger partial charge < -0.3 is 14.7 Å². The van der Waals surface area contributed by atoms with Crippen LogP contribution >= 0.6 is 0 Å². The fourth-order valence-corrected chi connectivity index (χ4v) is 2.83. The molecule has 0 radical (unpaired) electrons. The third kappa shape index (κ3) is 3.02. The molecular weight excluding hydrogens is 234 g/mol. The highest BCUT2D eigenvalue weighted by molar-refractivity contribution is 5.79. The molecule has 5 heteroatoms. The van der Waals surface area contributed by atoms with Crippen molar-refractivity contribution in [1.29, 1.82) is 0 Å². The highest BCUT2D eigenvalue weighted by Crippen LogP contribution is 2.25. The third-order valence-corrected chi connectivity index (χ3v) is 3.99. The molecule has 0 aromatic heterocycles. The molecular formula is C13H21NO4. The first-order chi connectivity index (χ1) is 8.58. The molecule has 2 heterocycles. The van der Waals surface area contributed by atoms with E-state index in [1.807, 2.05) is 11.8 Å². The van der Waals surface area contributed by atoms with Crippen LogP contribution < -0.4 is 0 Å². The number of carboxylic acid groups (broad SMARTS) is 1. The van der Waals surface area contributed by atoms with Gasteiger partial charge in [-0.3, -0.25) is 9.59 Å². The van der Waals surface area contributed by atoms with E-state index in [2.05, 4.69) is 0 Å². The van der Waals surface area contributed by atoms with Gasteiger partial charge in [0.25, 0.3) is 0 Å². The van der Waals surface area contributed by atoms with E-state index in [0.717, 1.165) is 12.8 Å². The largest absolute Gasteiger partial charge is 0.481 e. The summed E-state index contributed by atoms with van der Waals surface area (Å²) in [5.74, 6) is -0.756. The molecule has 2 fully saturated rings. The Hall–Kier alpha value is -1.10. The molecule has 0 bridgehead atoms. The third-order valence-electron chi connectivity index (χ3n) is 3.99. The van der Waals surface area contributed by atoms with Gasteiger partial charge in [-0.05, 0) is 32.6 Å². The lowest BCUT2D eigenvalue weighted by Crippen LogP contribution is -2.45. The summed E-state index contributed by atoms with van der Waals surface area (Å²) in [6.07, 6.45) is 2.91. The SMILES string of the molecule is CC1CC(C(=O)N2CCC(C(=O)O)CC2)CCO1. The number of rotatable bonds is 2. The molecule has 5 nitrogen and oxygen atoms in total. The zero-order valence-electron chi connectivity index (χ0n) is 10.8. The summed E-state index contributed by atoms with van der Waals surface area (Å²) in [6.45, 7) is 3.82. The Morgan fingerprint density at radius 1 is 1.17 bits per heavy atom. The van der Waals surface area contributed by atoms with Gasteiger partial charge in [-0.2, -0.15) is 0 Å². The molecule has 102 valence electrons. The van der Waals surface area contributed by atoms with E-state index >= 15 is 0 Å². The Kier molecular flexibility index (Phi) is 4.22. The van der Waals surface area contributed by atoms with E-state index in [1.54, 1.807) is 0 Å². The molecule has 0 spiro atoms. The van der Waals surface area contributed by atoms with Crippen LogP contribution in [0.5, 0.6) is 0 Å². The van der Waals surface area contributed by atoms with Gasteiger partial charge in [0.1, 0.15) is 0 Å². The standard InChI is InChI=1S/C13H21NO4/c1-9-8-11(4-7-18-9)12(15)14-5-2-10(3-6-14)13(16)17/h9-11H,2-8H2,1H3,(H,16,17). The van der Waals surface area contributed by atoms with E-state index in [0.29, 0.717) is 32.5 Å². The van der Waals surface area contributed by atoms with E-state index in [9.17, 15) is 9.59 Å². The van der Waals surface area contributed by atoms with Gasteiger partial charge >= 0.3 is 5.97 Å². The second-order valence-corrected chi connectivity index (χ2v) is 5.34. The Balaban J connectivity index is 1.85. The van der Waals surface area contributed by atoms with Crippen molar-refractivity contribution in [2.45, 2.75) is 38.7 Å². The molecule has 2 rings (SSSR count). The highest BCUT2D eigenvalue weighted by Gasteiger charge is 2.32. The van der Waals surface area contributed by atoms with Gasteiger partial charge in [0.2, 0.25) is 5.91 Å². The molecule has 1 N–H and O–H groups in total. The minimum absolute atomic E-state index is 0.0649. The Morgan fingerprint density at radius 2 is 1.83 bits per heavy atom. The van der Waals surface area contributed by atoms with Crippen LogP contribution in [0.25, 0.3) is 0 Å². The summed E-state index contributed by atoms with van der Waals surface area (Å²) < 4.78 is 5.45. The normalized spacial score (nSPS) is 30.2. The minimum Gasteiger partial charge on any atom is -0.481 e. The van der Waals surface area contributed by atoms with Crippen LogP contribution in [0.2, 0.25) is 0 Å². The van der Waals surface area contributed by atoms with Gasteiger partial charge in [-0.25, -0.2) is 0 Å². The second-order valence-electron chi connectivity index (χ2n) is 5.34. The first kappa shape index (κ1) is 13.3. The molecule has 0 aromatic carbocycles. The Morgan fingerprint density at radius 3 is 2.39 bits per heavy atom. The van der Waals surface area contributed by atoms with Crippen LogP contribution in [0.3, 0.4) is 0 Å². The summed E-state index contributed by atoms with van der Waals surface area (Å²) in [7, 11) is 0. The van der Waals surface area contributed by atoms with Crippen LogP contribution in [-0.2, 0) is 14.3 Å². The first-order valence-corrected chi connectivity index (χ1v) is 6.71. The fraction of sp³-hybridized carbons (Fsp3) is 0.846. The maximum atomic E-state index is 12.3. The van der Waals surface area contributed by atoms with Crippen LogP contribution in [0, 0.1) is 11.8 Å². The molecule has 0 aromatic rings. The highest BCUT2D eigenvalue weighted by atomic mass is 16.5. The number of aliphatic carboxylic acids is 1. The number of piperidine rings is 1. The lowest BCUT2D eigenvalue weighted by Gasteiger charge is -2.35. The lowest BCUT2D eigenvalue weighted by molar-refractivity contribution is -0.148. The maximum absolute atomic E-state index is 12.3. The molecule has 2 aliphatic rings. The number of carboxylic acids is 1. The van der Waals surface area contributed by atoms with Gasteiger partial charge in [0, 0.05) is 25.6 Å². The van der Waals surface area contributed by atoms with Crippen molar-refractivity contribution in [1.82, 2.24) is 4.90 Å². The number of carbonyl (C=O) groups is 2. The summed E-state index contributed by atoms with van der Waals surface area (Å²) in [4.78, 5) is 25.0. The molecule has 2 aliphatic heterocycles. The van der Waals surface area contributed by atoms with Gasteiger partial charge in [-0.15, -0.1) is 0 Å². The smallest absolute Gasteiger partial charge is 0.306 e. The predicted octanol–water partition coefficient (Wildman–Crippen LogP) is 1.12. The zero-order chi connectivity index (χ0) is 13.1. The topological polar surface area (TPSA) is 66.8 Å². The van der Waals surface area contributed by atoms with E-state index in [-0.39, 0.29) is 23.8 Å². The summed E-state index contributed by atoms with van der Waals surface area (Å²) in [6, 6.07) is 0. The van der Waals surface area contributed by atoms with Gasteiger partial charge in [0.15, 0.2) is 0 Å². The zero-order valence-corrected chi connectivity index (χ0v) is 10.8. The minimum atomic E-state index is -0.734. The predicted molar refractivity (Wildman–Crippen MR) is 65.1 cm³/mol. The van der Waals surface area contributed by atoms with Crippen LogP contribution in [-0.4, -0.2) is 47.7 Å². The van der Waals surface area contributed by atoms with Crippen molar-refractivity contribution >= 4 is 11.9 Å². The monoisotopic (exact) mass is 255 g/mol. The van der Waals surface area contributed by atoms with Crippen LogP contribution in [0.15, 0.2) is 0 Å². The van der Waals surface area contributed by atoms with Crippen LogP contribution in [0.1, 0.15) is 32.6 Å². The number of carbonyl (C=O) groups excluding carboxylic acids is 1. The molecule has 2 unspecified atom stereocenters. The van der Waals surface area contributed by atoms with E-state index < -0.39 is 5.97 Å². The number of nitrogens with zero attached hydrogens (tertiary/aromatic N) is 1. The number of hydrogen-bond donors (Lipinski definition) is 1. The Labute approximate surface area is 107 Å². The molecule has 18 heavy (non-hydrogen) atoms. The van der Waals surface area contributed by atoms with Crippen molar-refractivity contribution in [2.24, 2.45) is 11.8 Å². The van der Waals surface area contributed by atoms with Crippen molar-refractivity contribution in [3.63, 3.8) is 0 Å². The average Bonchev–Trinajstić information content (AvgIpc) is 2.38. The van der Waals surface area contributed by atoms with Gasteiger partial charge in [0.05, 0.1) is 12.0 Å². The van der Waals surface area contributed by atoms with E-state index in [4.69, 9.17) is 9.84 Å². The molecule has 0 aliphatic carbocycles. The van der Waals surface area contributed by atoms with Crippen molar-refractivity contribution < 1.29 is 19.4 Å². The number of hydrogen-bond acceptors (Lipinski definition) is 3. The Bertz CT molecular complexity index is 323.